The normalized spacial score (nSPS) is 27.6. The molecule has 3 N–H and O–H groups in total. The third-order valence-corrected chi connectivity index (χ3v) is 6.03. The molecule has 1 aliphatic heterocycles. The molecule has 1 unspecified atom stereocenters. The van der Waals surface area contributed by atoms with E-state index in [0.717, 1.165) is 12.2 Å². The fourth-order valence-corrected chi connectivity index (χ4v) is 4.36. The second kappa shape index (κ2) is 9.22. The number of rotatable bonds is 8. The summed E-state index contributed by atoms with van der Waals surface area (Å²) < 4.78 is 22.5. The van der Waals surface area contributed by atoms with Gasteiger partial charge in [-0.15, -0.1) is 0 Å². The van der Waals surface area contributed by atoms with Gasteiger partial charge in [-0.1, -0.05) is 30.3 Å². The highest BCUT2D eigenvalue weighted by Crippen LogP contribution is 2.41. The molecule has 9 nitrogen and oxygen atoms in total. The maximum absolute atomic E-state index is 11.5. The molecule has 3 rings (SSSR count). The zero-order chi connectivity index (χ0) is 21.2. The maximum Gasteiger partial charge on any atom is 0.331 e. The van der Waals surface area contributed by atoms with Crippen LogP contribution in [0.25, 0.3) is 0 Å². The highest BCUT2D eigenvalue weighted by Gasteiger charge is 2.55. The predicted octanol–water partition coefficient (Wildman–Crippen LogP) is 2.48. The number of esters is 1. The Hall–Kier alpha value is -1.33. The molecule has 0 spiro atoms. The molecule has 11 heteroatoms. The number of hydrogen-bond donors (Lipinski definition) is 2. The van der Waals surface area contributed by atoms with Crippen LogP contribution in [-0.4, -0.2) is 65.5 Å². The van der Waals surface area contributed by atoms with Crippen LogP contribution in [0, 0.1) is 0 Å². The maximum atomic E-state index is 11.5. The average Bonchev–Trinajstić information content (AvgIpc) is 3.15. The number of anilines is 2. The second-order valence-electron chi connectivity index (χ2n) is 7.38. The minimum atomic E-state index is -0.764. The van der Waals surface area contributed by atoms with E-state index < -0.39 is 11.8 Å². The van der Waals surface area contributed by atoms with Crippen LogP contribution in [0.1, 0.15) is 33.6 Å². The zero-order valence-electron chi connectivity index (χ0n) is 16.9. The Morgan fingerprint density at radius 1 is 1.38 bits per heavy atom. The van der Waals surface area contributed by atoms with E-state index in [9.17, 15) is 4.79 Å². The molecule has 0 bridgehead atoms. The summed E-state index contributed by atoms with van der Waals surface area (Å²) in [5.74, 6) is 0.122. The van der Waals surface area contributed by atoms with Crippen molar-refractivity contribution < 1.29 is 23.7 Å². The van der Waals surface area contributed by atoms with Crippen LogP contribution in [0.3, 0.4) is 0 Å². The molecule has 2 fully saturated rings. The van der Waals surface area contributed by atoms with E-state index in [-0.39, 0.29) is 41.8 Å². The van der Waals surface area contributed by atoms with Gasteiger partial charge in [-0.05, 0) is 26.7 Å². The van der Waals surface area contributed by atoms with E-state index in [2.05, 4.69) is 26.9 Å². The van der Waals surface area contributed by atoms with E-state index in [1.165, 1.54) is 18.9 Å². The molecule has 0 aromatic carbocycles. The summed E-state index contributed by atoms with van der Waals surface area (Å²) in [5, 5.41) is 4.10. The number of aromatic nitrogens is 2. The Kier molecular flexibility index (Phi) is 7.10. The largest absolute Gasteiger partial charge is 0.467 e. The number of nitrogens with one attached hydrogen (secondary N) is 1. The lowest BCUT2D eigenvalue weighted by Gasteiger charge is -2.24. The monoisotopic (exact) mass is 446 g/mol. The van der Waals surface area contributed by atoms with E-state index in [1.807, 2.05) is 13.8 Å². The number of carbonyl (C=O) groups is 1. The van der Waals surface area contributed by atoms with E-state index in [0.29, 0.717) is 17.4 Å². The van der Waals surface area contributed by atoms with Gasteiger partial charge in [0.1, 0.15) is 24.5 Å². The third-order valence-electron chi connectivity index (χ3n) is 4.69. The lowest BCUT2D eigenvalue weighted by Crippen LogP contribution is -2.35. The van der Waals surface area contributed by atoms with E-state index in [4.69, 9.17) is 31.5 Å². The van der Waals surface area contributed by atoms with Crippen molar-refractivity contribution in [3.8, 4) is 0 Å². The first kappa shape index (κ1) is 22.4. The van der Waals surface area contributed by atoms with Crippen LogP contribution in [0.4, 0.5) is 11.5 Å². The quantitative estimate of drug-likeness (QED) is 0.267. The molecule has 162 valence electrons. The number of carbonyl (C=O) groups excluding carboxylic acids is 1. The van der Waals surface area contributed by atoms with Crippen LogP contribution in [0.5, 0.6) is 0 Å². The van der Waals surface area contributed by atoms with Gasteiger partial charge in [-0.3, -0.25) is 0 Å². The smallest absolute Gasteiger partial charge is 0.331 e. The van der Waals surface area contributed by atoms with Crippen molar-refractivity contribution in [2.24, 2.45) is 0 Å². The molecule has 1 saturated heterocycles. The van der Waals surface area contributed by atoms with E-state index >= 15 is 0 Å². The van der Waals surface area contributed by atoms with Gasteiger partial charge in [0.2, 0.25) is 0 Å². The van der Waals surface area contributed by atoms with Gasteiger partial charge in [0.15, 0.2) is 21.9 Å². The van der Waals surface area contributed by atoms with Crippen molar-refractivity contribution in [3.05, 3.63) is 5.15 Å². The van der Waals surface area contributed by atoms with Gasteiger partial charge in [0.25, 0.3) is 0 Å². The number of nitrogens with zero attached hydrogens (tertiary/aromatic N) is 2. The Morgan fingerprint density at radius 2 is 2.10 bits per heavy atom. The second-order valence-corrected chi connectivity index (χ2v) is 8.80. The van der Waals surface area contributed by atoms with Crippen molar-refractivity contribution in [2.75, 3.05) is 30.5 Å². The number of nitrogen functional groups attached to an aromatic ring is 1. The number of ether oxygens (including phenoxy) is 4. The molecule has 1 aromatic rings. The Morgan fingerprint density at radius 3 is 2.79 bits per heavy atom. The lowest BCUT2D eigenvalue weighted by molar-refractivity contribution is -0.171. The molecule has 2 heterocycles. The van der Waals surface area contributed by atoms with Crippen molar-refractivity contribution in [1.82, 2.24) is 9.97 Å². The number of hydrogen-bond acceptors (Lipinski definition) is 10. The minimum absolute atomic E-state index is 0.153. The number of methoxy groups -OCH3 is 1. The summed E-state index contributed by atoms with van der Waals surface area (Å²) >= 11 is 7.72. The van der Waals surface area contributed by atoms with Gasteiger partial charge in [-0.25, -0.2) is 14.8 Å². The van der Waals surface area contributed by atoms with Crippen LogP contribution < -0.4 is 11.1 Å². The van der Waals surface area contributed by atoms with Gasteiger partial charge in [0.05, 0.1) is 19.3 Å². The van der Waals surface area contributed by atoms with Gasteiger partial charge in [0, 0.05) is 5.75 Å². The van der Waals surface area contributed by atoms with Crippen LogP contribution in [0.15, 0.2) is 5.16 Å². The molecule has 4 atom stereocenters. The van der Waals surface area contributed by atoms with Gasteiger partial charge in [-0.2, -0.15) is 0 Å². The Bertz CT molecular complexity index is 753. The summed E-state index contributed by atoms with van der Waals surface area (Å²) in [7, 11) is 1.32. The number of fused-ring (bicyclic) bond motifs is 1. The predicted molar refractivity (Wildman–Crippen MR) is 110 cm³/mol. The van der Waals surface area contributed by atoms with Crippen molar-refractivity contribution >= 4 is 40.8 Å². The summed E-state index contributed by atoms with van der Waals surface area (Å²) in [6.45, 7) is 5.61. The SMILES string of the molecule is CCCSc1nc(Cl)c(N)c(N[C@@H]2C[C@H](OCC(=O)OC)[C@H]3OC(C)(C)OC23)n1. The van der Waals surface area contributed by atoms with Crippen molar-refractivity contribution in [3.63, 3.8) is 0 Å². The standard InChI is InChI=1S/C18H27ClN4O5S/c1-5-6-29-17-22-15(19)12(20)16(23-17)21-9-7-10(26-8-11(24)25-4)14-13(9)27-18(2,3)28-14/h9-10,13-14H,5-8,20H2,1-4H3,(H,21,22,23)/t9-,10+,13?,14-/m1/s1. The van der Waals surface area contributed by atoms with Crippen LogP contribution >= 0.6 is 23.4 Å². The number of halogens is 1. The molecule has 2 aliphatic rings. The Labute approximate surface area is 179 Å². The van der Waals surface area contributed by atoms with Crippen LogP contribution in [-0.2, 0) is 23.7 Å². The Balaban J connectivity index is 1.77. The summed E-state index contributed by atoms with van der Waals surface area (Å²) in [5.41, 5.74) is 6.39. The molecular formula is C18H27ClN4O5S. The first-order valence-electron chi connectivity index (χ1n) is 9.50. The van der Waals surface area contributed by atoms with Gasteiger partial charge >= 0.3 is 5.97 Å². The highest BCUT2D eigenvalue weighted by molar-refractivity contribution is 7.99. The third kappa shape index (κ3) is 5.24. The van der Waals surface area contributed by atoms with Crippen molar-refractivity contribution in [1.29, 1.82) is 0 Å². The molecule has 1 aliphatic carbocycles. The molecule has 0 radical (unpaired) electrons. The topological polar surface area (TPSA) is 118 Å². The molecular weight excluding hydrogens is 420 g/mol. The van der Waals surface area contributed by atoms with Gasteiger partial charge < -0.3 is 30.0 Å². The fourth-order valence-electron chi connectivity index (χ4n) is 3.44. The molecule has 1 saturated carbocycles. The molecule has 1 aromatic heterocycles. The van der Waals surface area contributed by atoms with Crippen molar-refractivity contribution in [2.45, 2.75) is 68.9 Å². The molecule has 29 heavy (non-hydrogen) atoms. The summed E-state index contributed by atoms with van der Waals surface area (Å²) in [6.07, 6.45) is 0.559. The lowest BCUT2D eigenvalue weighted by atomic mass is 10.2. The first-order chi connectivity index (χ1) is 13.7. The summed E-state index contributed by atoms with van der Waals surface area (Å²) in [4.78, 5) is 20.2. The molecule has 0 amide bonds. The van der Waals surface area contributed by atoms with Crippen LogP contribution in [0.2, 0.25) is 5.15 Å². The minimum Gasteiger partial charge on any atom is -0.467 e. The summed E-state index contributed by atoms with van der Waals surface area (Å²) in [6, 6.07) is -0.193. The first-order valence-corrected chi connectivity index (χ1v) is 10.9. The number of thioether (sulfide) groups is 1. The highest BCUT2D eigenvalue weighted by atomic mass is 35.5. The number of nitrogens with two attached hydrogens (primary N) is 1. The fraction of sp³-hybridized carbons (Fsp3) is 0.722. The average molecular weight is 447 g/mol. The zero-order valence-corrected chi connectivity index (χ0v) is 18.5. The van der Waals surface area contributed by atoms with E-state index in [1.54, 1.807) is 0 Å².